The highest BCUT2D eigenvalue weighted by Crippen LogP contribution is 2.32. The fourth-order valence-corrected chi connectivity index (χ4v) is 3.68. The lowest BCUT2D eigenvalue weighted by Gasteiger charge is -2.15. The van der Waals surface area contributed by atoms with Crippen molar-refractivity contribution in [1.29, 1.82) is 0 Å². The standard InChI is InChI=1S/C16H16BrFOS/c1-10-7-11(2)16(13(18)8-10)14(19)9-20-15-6-4-3-5-12(15)17/h3-8,14,19H,9H2,1-2H3. The summed E-state index contributed by atoms with van der Waals surface area (Å²) < 4.78 is 15.0. The second-order valence-corrected chi connectivity index (χ2v) is 6.65. The lowest BCUT2D eigenvalue weighted by atomic mass is 10.0. The first-order valence-corrected chi connectivity index (χ1v) is 8.09. The molecule has 0 fully saturated rings. The molecule has 1 unspecified atom stereocenters. The van der Waals surface area contributed by atoms with Crippen LogP contribution in [0.5, 0.6) is 0 Å². The molecule has 0 bridgehead atoms. The molecule has 2 aromatic carbocycles. The lowest BCUT2D eigenvalue weighted by Crippen LogP contribution is -2.06. The first-order valence-electron chi connectivity index (χ1n) is 6.31. The number of halogens is 2. The Morgan fingerprint density at radius 3 is 2.60 bits per heavy atom. The molecule has 0 aromatic heterocycles. The molecule has 0 heterocycles. The fourth-order valence-electron chi connectivity index (χ4n) is 2.16. The van der Waals surface area contributed by atoms with Gasteiger partial charge in [-0.1, -0.05) is 18.2 Å². The quantitative estimate of drug-likeness (QED) is 0.777. The summed E-state index contributed by atoms with van der Waals surface area (Å²) in [4.78, 5) is 1.04. The number of hydrogen-bond donors (Lipinski definition) is 1. The van der Waals surface area contributed by atoms with E-state index in [0.29, 0.717) is 11.3 Å². The minimum atomic E-state index is -0.812. The van der Waals surface area contributed by atoms with Gasteiger partial charge < -0.3 is 5.11 Å². The van der Waals surface area contributed by atoms with Crippen LogP contribution in [0.4, 0.5) is 4.39 Å². The Bertz CT molecular complexity index is 592. The number of benzene rings is 2. The largest absolute Gasteiger partial charge is 0.387 e. The number of aryl methyl sites for hydroxylation is 2. The first-order chi connectivity index (χ1) is 9.49. The van der Waals surface area contributed by atoms with Crippen LogP contribution in [0.2, 0.25) is 0 Å². The molecule has 0 amide bonds. The molecule has 0 aliphatic rings. The number of rotatable bonds is 4. The molecular weight excluding hydrogens is 339 g/mol. The van der Waals surface area contributed by atoms with Gasteiger partial charge in [0.25, 0.3) is 0 Å². The maximum absolute atomic E-state index is 14.0. The Labute approximate surface area is 131 Å². The summed E-state index contributed by atoms with van der Waals surface area (Å²) in [6.07, 6.45) is -0.812. The van der Waals surface area contributed by atoms with Crippen LogP contribution in [0.15, 0.2) is 45.8 Å². The summed E-state index contributed by atoms with van der Waals surface area (Å²) in [6, 6.07) is 11.2. The smallest absolute Gasteiger partial charge is 0.129 e. The van der Waals surface area contributed by atoms with Crippen LogP contribution in [0, 0.1) is 19.7 Å². The Balaban J connectivity index is 2.13. The van der Waals surface area contributed by atoms with Crippen molar-refractivity contribution in [1.82, 2.24) is 0 Å². The van der Waals surface area contributed by atoms with Crippen molar-refractivity contribution < 1.29 is 9.50 Å². The summed E-state index contributed by atoms with van der Waals surface area (Å²) in [5.41, 5.74) is 2.06. The minimum absolute atomic E-state index is 0.331. The predicted octanol–water partition coefficient (Wildman–Crippen LogP) is 5.03. The highest BCUT2D eigenvalue weighted by molar-refractivity contribution is 9.10. The van der Waals surface area contributed by atoms with E-state index in [4.69, 9.17) is 0 Å². The maximum atomic E-state index is 14.0. The van der Waals surface area contributed by atoms with Crippen molar-refractivity contribution in [2.75, 3.05) is 5.75 Å². The molecule has 0 saturated heterocycles. The fraction of sp³-hybridized carbons (Fsp3) is 0.250. The third kappa shape index (κ3) is 3.62. The van der Waals surface area contributed by atoms with E-state index in [1.165, 1.54) is 17.8 Å². The van der Waals surface area contributed by atoms with Crippen LogP contribution in [0.3, 0.4) is 0 Å². The van der Waals surface area contributed by atoms with Gasteiger partial charge in [-0.15, -0.1) is 11.8 Å². The zero-order chi connectivity index (χ0) is 14.7. The summed E-state index contributed by atoms with van der Waals surface area (Å²) in [5, 5.41) is 10.2. The molecular formula is C16H16BrFOS. The summed E-state index contributed by atoms with van der Waals surface area (Å²) in [6.45, 7) is 3.68. The van der Waals surface area contributed by atoms with Gasteiger partial charge in [-0.25, -0.2) is 4.39 Å². The van der Waals surface area contributed by atoms with E-state index in [2.05, 4.69) is 15.9 Å². The zero-order valence-electron chi connectivity index (χ0n) is 11.4. The SMILES string of the molecule is Cc1cc(C)c(C(O)CSc2ccccc2Br)c(F)c1. The van der Waals surface area contributed by atoms with Gasteiger partial charge in [0.1, 0.15) is 5.82 Å². The number of hydrogen-bond acceptors (Lipinski definition) is 2. The summed E-state index contributed by atoms with van der Waals surface area (Å²) >= 11 is 4.97. The summed E-state index contributed by atoms with van der Waals surface area (Å²) in [7, 11) is 0. The minimum Gasteiger partial charge on any atom is -0.387 e. The van der Waals surface area contributed by atoms with Gasteiger partial charge in [0.2, 0.25) is 0 Å². The average molecular weight is 355 g/mol. The molecule has 0 aliphatic heterocycles. The van der Waals surface area contributed by atoms with Crippen LogP contribution < -0.4 is 0 Å². The van der Waals surface area contributed by atoms with Gasteiger partial charge >= 0.3 is 0 Å². The third-order valence-corrected chi connectivity index (χ3v) is 5.15. The topological polar surface area (TPSA) is 20.2 Å². The van der Waals surface area contributed by atoms with Crippen molar-refractivity contribution in [2.45, 2.75) is 24.8 Å². The molecule has 4 heteroatoms. The van der Waals surface area contributed by atoms with Gasteiger partial charge in [0, 0.05) is 20.7 Å². The van der Waals surface area contributed by atoms with E-state index in [1.54, 1.807) is 0 Å². The highest BCUT2D eigenvalue weighted by atomic mass is 79.9. The van der Waals surface area contributed by atoms with Crippen LogP contribution in [-0.4, -0.2) is 10.9 Å². The van der Waals surface area contributed by atoms with Crippen LogP contribution in [-0.2, 0) is 0 Å². The van der Waals surface area contributed by atoms with E-state index in [1.807, 2.05) is 44.2 Å². The van der Waals surface area contributed by atoms with Gasteiger partial charge in [-0.2, -0.15) is 0 Å². The average Bonchev–Trinajstić information content (AvgIpc) is 2.36. The number of thioether (sulfide) groups is 1. The van der Waals surface area contributed by atoms with Gasteiger partial charge in [-0.3, -0.25) is 0 Å². The Morgan fingerprint density at radius 1 is 1.25 bits per heavy atom. The van der Waals surface area contributed by atoms with Gasteiger partial charge in [0.05, 0.1) is 6.10 Å². The normalized spacial score (nSPS) is 12.4. The number of aliphatic hydroxyl groups is 1. The van der Waals surface area contributed by atoms with Crippen molar-refractivity contribution in [3.8, 4) is 0 Å². The van der Waals surface area contributed by atoms with Crippen LogP contribution in [0.25, 0.3) is 0 Å². The molecule has 2 rings (SSSR count). The maximum Gasteiger partial charge on any atom is 0.129 e. The Morgan fingerprint density at radius 2 is 1.95 bits per heavy atom. The van der Waals surface area contributed by atoms with Crippen molar-refractivity contribution in [3.63, 3.8) is 0 Å². The second kappa shape index (κ2) is 6.74. The first kappa shape index (κ1) is 15.5. The van der Waals surface area contributed by atoms with E-state index >= 15 is 0 Å². The molecule has 20 heavy (non-hydrogen) atoms. The molecule has 106 valence electrons. The third-order valence-electron chi connectivity index (χ3n) is 3.05. The molecule has 1 atom stereocenters. The molecule has 0 aliphatic carbocycles. The number of aliphatic hydroxyl groups excluding tert-OH is 1. The molecule has 2 aromatic rings. The van der Waals surface area contributed by atoms with Crippen LogP contribution in [0.1, 0.15) is 22.8 Å². The molecule has 1 nitrogen and oxygen atoms in total. The van der Waals surface area contributed by atoms with E-state index in [0.717, 1.165) is 20.5 Å². The Hall–Kier alpha value is -0.840. The van der Waals surface area contributed by atoms with Gasteiger partial charge in [-0.05, 0) is 59.1 Å². The van der Waals surface area contributed by atoms with E-state index in [9.17, 15) is 9.50 Å². The highest BCUT2D eigenvalue weighted by Gasteiger charge is 2.16. The zero-order valence-corrected chi connectivity index (χ0v) is 13.8. The molecule has 1 N–H and O–H groups in total. The van der Waals surface area contributed by atoms with Crippen molar-refractivity contribution in [3.05, 3.63) is 63.4 Å². The van der Waals surface area contributed by atoms with Gasteiger partial charge in [0.15, 0.2) is 0 Å². The van der Waals surface area contributed by atoms with E-state index < -0.39 is 6.10 Å². The van der Waals surface area contributed by atoms with Crippen LogP contribution >= 0.6 is 27.7 Å². The second-order valence-electron chi connectivity index (χ2n) is 4.73. The Kier molecular flexibility index (Phi) is 5.24. The van der Waals surface area contributed by atoms with Crippen molar-refractivity contribution >= 4 is 27.7 Å². The van der Waals surface area contributed by atoms with Crippen molar-refractivity contribution in [2.24, 2.45) is 0 Å². The van der Waals surface area contributed by atoms with E-state index in [-0.39, 0.29) is 5.82 Å². The molecule has 0 saturated carbocycles. The lowest BCUT2D eigenvalue weighted by molar-refractivity contribution is 0.198. The molecule has 0 radical (unpaired) electrons. The molecule has 0 spiro atoms. The predicted molar refractivity (Wildman–Crippen MR) is 85.7 cm³/mol. The monoisotopic (exact) mass is 354 g/mol. The summed E-state index contributed by atoms with van der Waals surface area (Å²) in [5.74, 6) is 0.0893.